The van der Waals surface area contributed by atoms with Crippen LogP contribution in [0.1, 0.15) is 18.7 Å². The molecule has 0 aromatic carbocycles. The Bertz CT molecular complexity index is 749. The van der Waals surface area contributed by atoms with Crippen molar-refractivity contribution in [3.63, 3.8) is 0 Å². The first-order valence-electron chi connectivity index (χ1n) is 7.84. The Balaban J connectivity index is 2.40. The second kappa shape index (κ2) is 8.96. The van der Waals surface area contributed by atoms with Crippen molar-refractivity contribution in [2.24, 2.45) is 0 Å². The van der Waals surface area contributed by atoms with E-state index in [9.17, 15) is 19.3 Å². The first-order chi connectivity index (χ1) is 12.3. The van der Waals surface area contributed by atoms with Gasteiger partial charge in [-0.25, -0.2) is 4.79 Å². The van der Waals surface area contributed by atoms with Crippen LogP contribution in [0.2, 0.25) is 0 Å². The first-order valence-corrected chi connectivity index (χ1v) is 8.97. The average Bonchev–Trinajstić information content (AvgIpc) is 2.92. The van der Waals surface area contributed by atoms with E-state index in [1.54, 1.807) is 6.92 Å². The molecule has 2 unspecified atom stereocenters. The lowest BCUT2D eigenvalue weighted by Crippen LogP contribution is -2.41. The van der Waals surface area contributed by atoms with Crippen molar-refractivity contribution in [3.8, 4) is 0 Å². The van der Waals surface area contributed by atoms with Crippen LogP contribution in [0.4, 0.5) is 0 Å². The molecule has 0 bridgehead atoms. The fourth-order valence-corrected chi connectivity index (χ4v) is 3.04. The number of nitrogens with one attached hydrogen (secondary N) is 1. The van der Waals surface area contributed by atoms with Crippen LogP contribution in [0, 0.1) is 6.92 Å². The molecule has 11 nitrogen and oxygen atoms in total. The SMILES string of the molecule is CO[C@H](C)COC1[C@@H](O[P+](=O)O)[C@@H](CO)O[C@H]1n1cc(C)c(=O)[nH]c1=O. The second-order valence-electron chi connectivity index (χ2n) is 5.88. The molecule has 1 fully saturated rings. The van der Waals surface area contributed by atoms with Gasteiger partial charge in [-0.2, -0.15) is 0 Å². The van der Waals surface area contributed by atoms with Crippen LogP contribution < -0.4 is 11.2 Å². The number of aliphatic hydroxyl groups is 1. The molecule has 2 rings (SSSR count). The van der Waals surface area contributed by atoms with Crippen LogP contribution in [0.3, 0.4) is 0 Å². The monoisotopic (exact) mass is 393 g/mol. The third kappa shape index (κ3) is 4.63. The molecule has 1 saturated heterocycles. The van der Waals surface area contributed by atoms with Crippen LogP contribution in [-0.4, -0.2) is 64.3 Å². The van der Waals surface area contributed by atoms with Gasteiger partial charge in [0.25, 0.3) is 5.56 Å². The zero-order valence-electron chi connectivity index (χ0n) is 14.5. The van der Waals surface area contributed by atoms with Crippen LogP contribution in [-0.2, 0) is 23.3 Å². The van der Waals surface area contributed by atoms with Gasteiger partial charge in [-0.1, -0.05) is 0 Å². The maximum atomic E-state index is 12.2. The summed E-state index contributed by atoms with van der Waals surface area (Å²) >= 11 is 0. The van der Waals surface area contributed by atoms with Crippen LogP contribution in [0.5, 0.6) is 0 Å². The van der Waals surface area contributed by atoms with E-state index in [0.717, 1.165) is 4.57 Å². The molecule has 1 aromatic heterocycles. The molecule has 6 atom stereocenters. The van der Waals surface area contributed by atoms with Crippen molar-refractivity contribution < 1.29 is 33.3 Å². The Morgan fingerprint density at radius 1 is 1.42 bits per heavy atom. The molecular formula is C14H22N2O9P+. The van der Waals surface area contributed by atoms with Crippen LogP contribution in [0.25, 0.3) is 0 Å². The van der Waals surface area contributed by atoms with E-state index in [1.165, 1.54) is 20.2 Å². The van der Waals surface area contributed by atoms with Gasteiger partial charge < -0.3 is 19.3 Å². The Hall–Kier alpha value is -1.46. The smallest absolute Gasteiger partial charge is 0.394 e. The number of aromatic amines is 1. The molecule has 3 N–H and O–H groups in total. The summed E-state index contributed by atoms with van der Waals surface area (Å²) in [5.74, 6) is 0. The Morgan fingerprint density at radius 3 is 2.69 bits per heavy atom. The topological polar surface area (TPSA) is 149 Å². The normalized spacial score (nSPS) is 27.5. The maximum absolute atomic E-state index is 12.2. The number of aryl methyl sites for hydroxylation is 1. The van der Waals surface area contributed by atoms with Crippen LogP contribution >= 0.6 is 8.25 Å². The third-order valence-electron chi connectivity index (χ3n) is 4.02. The van der Waals surface area contributed by atoms with E-state index in [1.807, 2.05) is 0 Å². The molecule has 146 valence electrons. The molecule has 2 heterocycles. The molecule has 0 aliphatic carbocycles. The van der Waals surface area contributed by atoms with Crippen molar-refractivity contribution in [2.45, 2.75) is 44.5 Å². The molecule has 0 spiro atoms. The number of ether oxygens (including phenoxy) is 3. The number of hydrogen-bond acceptors (Lipinski definition) is 8. The fourth-order valence-electron chi connectivity index (χ4n) is 2.58. The fraction of sp³-hybridized carbons (Fsp3) is 0.714. The standard InChI is InChI=1S/C14H21N2O9P/c1-7-4-16(14(19)15-12(7)18)13-11(23-6-8(2)22-3)10(25-26(20)21)9(5-17)24-13/h4,8-11,13,17H,5-6H2,1-3H3,(H-,15,18,19,20,21)/p+1/t8-,9-,10+,11?,13-/m1/s1. The quantitative estimate of drug-likeness (QED) is 0.482. The largest absolute Gasteiger partial charge is 0.695 e. The van der Waals surface area contributed by atoms with Gasteiger partial charge in [-0.05, 0) is 13.8 Å². The minimum atomic E-state index is -3.00. The van der Waals surface area contributed by atoms with Crippen LogP contribution in [0.15, 0.2) is 15.8 Å². The summed E-state index contributed by atoms with van der Waals surface area (Å²) < 4.78 is 33.7. The van der Waals surface area contributed by atoms with Crippen molar-refractivity contribution in [1.82, 2.24) is 9.55 Å². The number of nitrogens with zero attached hydrogens (tertiary/aromatic N) is 1. The number of aliphatic hydroxyl groups excluding tert-OH is 1. The summed E-state index contributed by atoms with van der Waals surface area (Å²) in [6, 6.07) is 0. The highest BCUT2D eigenvalue weighted by molar-refractivity contribution is 7.32. The molecule has 0 radical (unpaired) electrons. The minimum Gasteiger partial charge on any atom is -0.394 e. The maximum Gasteiger partial charge on any atom is 0.695 e. The van der Waals surface area contributed by atoms with Crippen molar-refractivity contribution >= 4 is 8.25 Å². The number of H-pyrrole nitrogens is 1. The predicted molar refractivity (Wildman–Crippen MR) is 88.0 cm³/mol. The van der Waals surface area contributed by atoms with E-state index < -0.39 is 50.7 Å². The number of hydrogen-bond donors (Lipinski definition) is 3. The molecule has 1 aromatic rings. The molecule has 1 aliphatic rings. The van der Waals surface area contributed by atoms with Crippen molar-refractivity contribution in [3.05, 3.63) is 32.6 Å². The van der Waals surface area contributed by atoms with E-state index in [0.29, 0.717) is 0 Å². The molecule has 0 amide bonds. The van der Waals surface area contributed by atoms with Gasteiger partial charge in [0.2, 0.25) is 0 Å². The lowest BCUT2D eigenvalue weighted by atomic mass is 10.1. The summed E-state index contributed by atoms with van der Waals surface area (Å²) in [4.78, 5) is 35.0. The van der Waals surface area contributed by atoms with Gasteiger partial charge in [-0.3, -0.25) is 14.3 Å². The summed E-state index contributed by atoms with van der Waals surface area (Å²) in [6.45, 7) is 2.81. The van der Waals surface area contributed by atoms with Crippen molar-refractivity contribution in [2.75, 3.05) is 20.3 Å². The Kier molecular flexibility index (Phi) is 7.18. The number of aromatic nitrogens is 2. The van der Waals surface area contributed by atoms with Gasteiger partial charge in [0.1, 0.15) is 12.2 Å². The van der Waals surface area contributed by atoms with Gasteiger partial charge in [0.05, 0.1) is 19.3 Å². The zero-order valence-corrected chi connectivity index (χ0v) is 15.4. The lowest BCUT2D eigenvalue weighted by molar-refractivity contribution is -0.0928. The van der Waals surface area contributed by atoms with Gasteiger partial charge >= 0.3 is 13.9 Å². The highest BCUT2D eigenvalue weighted by Crippen LogP contribution is 2.37. The first kappa shape index (κ1) is 20.8. The van der Waals surface area contributed by atoms with E-state index in [2.05, 4.69) is 4.98 Å². The molecule has 26 heavy (non-hydrogen) atoms. The summed E-state index contributed by atoms with van der Waals surface area (Å²) in [6.07, 6.45) is -3.22. The highest BCUT2D eigenvalue weighted by atomic mass is 31.1. The van der Waals surface area contributed by atoms with E-state index in [-0.39, 0.29) is 18.3 Å². The Labute approximate surface area is 149 Å². The predicted octanol–water partition coefficient (Wildman–Crippen LogP) is -0.810. The van der Waals surface area contributed by atoms with E-state index in [4.69, 9.17) is 23.6 Å². The Morgan fingerprint density at radius 2 is 2.12 bits per heavy atom. The van der Waals surface area contributed by atoms with Crippen molar-refractivity contribution in [1.29, 1.82) is 0 Å². The molecular weight excluding hydrogens is 371 g/mol. The summed E-state index contributed by atoms with van der Waals surface area (Å²) in [7, 11) is -1.52. The third-order valence-corrected chi connectivity index (χ3v) is 4.45. The molecule has 1 aliphatic heterocycles. The minimum absolute atomic E-state index is 0.0817. The lowest BCUT2D eigenvalue weighted by Gasteiger charge is -2.23. The summed E-state index contributed by atoms with van der Waals surface area (Å²) in [5.41, 5.74) is -1.03. The number of rotatable bonds is 8. The average molecular weight is 393 g/mol. The number of methoxy groups -OCH3 is 1. The van der Waals surface area contributed by atoms with Gasteiger partial charge in [0, 0.05) is 23.4 Å². The summed E-state index contributed by atoms with van der Waals surface area (Å²) in [5, 5.41) is 9.52. The van der Waals surface area contributed by atoms with E-state index >= 15 is 0 Å². The second-order valence-corrected chi connectivity index (χ2v) is 6.56. The zero-order chi connectivity index (χ0) is 19.4. The highest BCUT2D eigenvalue weighted by Gasteiger charge is 2.51. The molecule has 12 heteroatoms. The van der Waals surface area contributed by atoms with Gasteiger partial charge in [-0.15, -0.1) is 9.42 Å². The molecule has 0 saturated carbocycles. The van der Waals surface area contributed by atoms with Gasteiger partial charge in [0.15, 0.2) is 12.3 Å².